The number of hydrogen-bond acceptors (Lipinski definition) is 5. The third-order valence-electron chi connectivity index (χ3n) is 2.39. The molecule has 3 N–H and O–H groups in total. The van der Waals surface area contributed by atoms with E-state index in [1.165, 1.54) is 19.1 Å². The van der Waals surface area contributed by atoms with E-state index < -0.39 is 25.9 Å². The molecule has 1 unspecified atom stereocenters. The van der Waals surface area contributed by atoms with E-state index in [0.29, 0.717) is 5.56 Å². The highest BCUT2D eigenvalue weighted by Crippen LogP contribution is 2.11. The second-order valence-corrected chi connectivity index (χ2v) is 8.55. The van der Waals surface area contributed by atoms with Crippen LogP contribution in [0.1, 0.15) is 12.5 Å². The van der Waals surface area contributed by atoms with Gasteiger partial charge in [-0.25, -0.2) is 21.6 Å². The first-order chi connectivity index (χ1) is 9.64. The summed E-state index contributed by atoms with van der Waals surface area (Å²) in [6.07, 6.45) is 1.06. The summed E-state index contributed by atoms with van der Waals surface area (Å²) >= 11 is 0. The molecule has 0 amide bonds. The van der Waals surface area contributed by atoms with Crippen LogP contribution in [-0.2, 0) is 19.9 Å². The molecule has 8 heteroatoms. The Morgan fingerprint density at radius 3 is 2.52 bits per heavy atom. The van der Waals surface area contributed by atoms with E-state index in [9.17, 15) is 16.8 Å². The number of sulfone groups is 1. The van der Waals surface area contributed by atoms with Crippen LogP contribution in [0.15, 0.2) is 29.2 Å². The van der Waals surface area contributed by atoms with Gasteiger partial charge in [-0.1, -0.05) is 17.9 Å². The normalized spacial score (nSPS) is 13.3. The smallest absolute Gasteiger partial charge is 0.240 e. The lowest BCUT2D eigenvalue weighted by molar-refractivity contribution is 0.564. The second-order valence-electron chi connectivity index (χ2n) is 4.65. The van der Waals surface area contributed by atoms with Crippen molar-refractivity contribution in [2.24, 2.45) is 5.73 Å². The summed E-state index contributed by atoms with van der Waals surface area (Å²) in [5.74, 6) is 5.12. The lowest BCUT2D eigenvalue weighted by Crippen LogP contribution is -2.37. The molecule has 6 nitrogen and oxygen atoms in total. The van der Waals surface area contributed by atoms with Crippen LogP contribution in [0.4, 0.5) is 0 Å². The maximum Gasteiger partial charge on any atom is 0.240 e. The monoisotopic (exact) mass is 330 g/mol. The van der Waals surface area contributed by atoms with Gasteiger partial charge in [0.2, 0.25) is 10.0 Å². The largest absolute Gasteiger partial charge is 0.320 e. The lowest BCUT2D eigenvalue weighted by Gasteiger charge is -2.13. The highest BCUT2D eigenvalue weighted by molar-refractivity contribution is 7.91. The first kappa shape index (κ1) is 17.7. The van der Waals surface area contributed by atoms with Gasteiger partial charge in [0.1, 0.15) is 9.84 Å². The third-order valence-corrected chi connectivity index (χ3v) is 5.08. The van der Waals surface area contributed by atoms with Crippen molar-refractivity contribution in [1.29, 1.82) is 0 Å². The Balaban J connectivity index is 2.98. The van der Waals surface area contributed by atoms with Gasteiger partial charge in [0.25, 0.3) is 0 Å². The number of rotatable bonds is 5. The molecule has 0 saturated carbocycles. The molecule has 0 bridgehead atoms. The molecular formula is C13H18N2O4S2. The Labute approximate surface area is 125 Å². The molecule has 1 aromatic rings. The van der Waals surface area contributed by atoms with Gasteiger partial charge in [-0.05, 0) is 25.1 Å². The molecule has 0 fully saturated rings. The van der Waals surface area contributed by atoms with E-state index in [0.717, 1.165) is 6.26 Å². The molecule has 0 heterocycles. The zero-order valence-corrected chi connectivity index (χ0v) is 13.5. The van der Waals surface area contributed by atoms with Gasteiger partial charge in [0.05, 0.1) is 17.2 Å². The van der Waals surface area contributed by atoms with Crippen LogP contribution in [-0.4, -0.2) is 41.4 Å². The van der Waals surface area contributed by atoms with E-state index in [-0.39, 0.29) is 17.2 Å². The van der Waals surface area contributed by atoms with Crippen LogP contribution in [0.2, 0.25) is 0 Å². The predicted octanol–water partition coefficient (Wildman–Crippen LogP) is -0.292. The molecule has 116 valence electrons. The van der Waals surface area contributed by atoms with Gasteiger partial charge < -0.3 is 5.73 Å². The van der Waals surface area contributed by atoms with Crippen LogP contribution >= 0.6 is 0 Å². The minimum atomic E-state index is -3.79. The van der Waals surface area contributed by atoms with Gasteiger partial charge in [-0.3, -0.25) is 0 Å². The summed E-state index contributed by atoms with van der Waals surface area (Å²) < 4.78 is 49.0. The molecule has 0 aliphatic carbocycles. The minimum absolute atomic E-state index is 0.0340. The van der Waals surface area contributed by atoms with E-state index >= 15 is 0 Å². The van der Waals surface area contributed by atoms with Crippen molar-refractivity contribution >= 4 is 19.9 Å². The van der Waals surface area contributed by atoms with E-state index in [1.54, 1.807) is 12.1 Å². The Kier molecular flexibility index (Phi) is 5.92. The van der Waals surface area contributed by atoms with Gasteiger partial charge >= 0.3 is 0 Å². The van der Waals surface area contributed by atoms with Crippen molar-refractivity contribution in [3.05, 3.63) is 29.8 Å². The Bertz CT molecular complexity index is 759. The lowest BCUT2D eigenvalue weighted by atomic mass is 10.2. The van der Waals surface area contributed by atoms with Gasteiger partial charge in [-0.2, -0.15) is 0 Å². The molecule has 1 aromatic carbocycles. The topological polar surface area (TPSA) is 106 Å². The molecule has 0 aromatic heterocycles. The van der Waals surface area contributed by atoms with Gasteiger partial charge in [0, 0.05) is 17.9 Å². The summed E-state index contributed by atoms with van der Waals surface area (Å²) in [6.45, 7) is 1.68. The molecule has 0 radical (unpaired) electrons. The quantitative estimate of drug-likeness (QED) is 0.722. The van der Waals surface area contributed by atoms with E-state index in [1.807, 2.05) is 0 Å². The number of hydrogen-bond donors (Lipinski definition) is 2. The number of benzene rings is 1. The highest BCUT2D eigenvalue weighted by Gasteiger charge is 2.20. The molecule has 0 aliphatic heterocycles. The first-order valence-corrected chi connectivity index (χ1v) is 9.67. The van der Waals surface area contributed by atoms with Gasteiger partial charge in [0.15, 0.2) is 0 Å². The van der Waals surface area contributed by atoms with E-state index in [4.69, 9.17) is 5.73 Å². The average Bonchev–Trinajstić information content (AvgIpc) is 2.33. The zero-order chi connectivity index (χ0) is 16.1. The van der Waals surface area contributed by atoms with Crippen LogP contribution in [0, 0.1) is 11.8 Å². The maximum atomic E-state index is 12.2. The maximum absolute atomic E-state index is 12.2. The second kappa shape index (κ2) is 7.04. The minimum Gasteiger partial charge on any atom is -0.320 e. The molecule has 21 heavy (non-hydrogen) atoms. The van der Waals surface area contributed by atoms with Crippen molar-refractivity contribution in [3.8, 4) is 11.8 Å². The summed E-state index contributed by atoms with van der Waals surface area (Å²) in [6, 6.07) is 5.35. The molecular weight excluding hydrogens is 312 g/mol. The molecule has 0 spiro atoms. The Hall–Kier alpha value is -1.40. The van der Waals surface area contributed by atoms with Crippen LogP contribution in [0.25, 0.3) is 0 Å². The van der Waals surface area contributed by atoms with Crippen LogP contribution < -0.4 is 10.5 Å². The fourth-order valence-corrected chi connectivity index (χ4v) is 4.10. The summed E-state index contributed by atoms with van der Waals surface area (Å²) in [5.41, 5.74) is 5.79. The fraction of sp³-hybridized carbons (Fsp3) is 0.385. The van der Waals surface area contributed by atoms with Gasteiger partial charge in [-0.15, -0.1) is 0 Å². The SMILES string of the molecule is CC(CS(C)(=O)=O)NS(=O)(=O)c1cccc(C#CCN)c1. The van der Waals surface area contributed by atoms with Crippen molar-refractivity contribution in [2.45, 2.75) is 17.9 Å². The summed E-state index contributed by atoms with van der Waals surface area (Å²) in [5, 5.41) is 0. The highest BCUT2D eigenvalue weighted by atomic mass is 32.2. The number of sulfonamides is 1. The molecule has 1 atom stereocenters. The third kappa shape index (κ3) is 6.27. The van der Waals surface area contributed by atoms with Crippen molar-refractivity contribution < 1.29 is 16.8 Å². The van der Waals surface area contributed by atoms with Crippen molar-refractivity contribution in [2.75, 3.05) is 18.6 Å². The van der Waals surface area contributed by atoms with Crippen molar-refractivity contribution in [3.63, 3.8) is 0 Å². The number of nitrogens with two attached hydrogens (primary N) is 1. The Morgan fingerprint density at radius 2 is 1.95 bits per heavy atom. The fourth-order valence-electron chi connectivity index (χ4n) is 1.72. The molecule has 0 aliphatic rings. The zero-order valence-electron chi connectivity index (χ0n) is 11.8. The Morgan fingerprint density at radius 1 is 1.29 bits per heavy atom. The number of nitrogens with one attached hydrogen (secondary N) is 1. The predicted molar refractivity (Wildman–Crippen MR) is 81.9 cm³/mol. The van der Waals surface area contributed by atoms with E-state index in [2.05, 4.69) is 16.6 Å². The molecule has 1 rings (SSSR count). The first-order valence-electron chi connectivity index (χ1n) is 6.13. The average molecular weight is 330 g/mol. The van der Waals surface area contributed by atoms with Crippen LogP contribution in [0.3, 0.4) is 0 Å². The summed E-state index contributed by atoms with van der Waals surface area (Å²) in [7, 11) is -7.05. The van der Waals surface area contributed by atoms with Crippen molar-refractivity contribution in [1.82, 2.24) is 4.72 Å². The summed E-state index contributed by atoms with van der Waals surface area (Å²) in [4.78, 5) is 0.0340. The standard InChI is InChI=1S/C13H18N2O4S2/c1-11(10-20(2,16)17)15-21(18,19)13-7-3-5-12(9-13)6-4-8-14/h3,5,7,9,11,15H,8,10,14H2,1-2H3. The molecule has 0 saturated heterocycles. The van der Waals surface area contributed by atoms with Crippen LogP contribution in [0.5, 0.6) is 0 Å².